The van der Waals surface area contributed by atoms with Gasteiger partial charge in [-0.15, -0.1) is 0 Å². The fourth-order valence-electron chi connectivity index (χ4n) is 2.06. The summed E-state index contributed by atoms with van der Waals surface area (Å²) in [6, 6.07) is 9.89. The van der Waals surface area contributed by atoms with Gasteiger partial charge in [0.15, 0.2) is 0 Å². The van der Waals surface area contributed by atoms with Crippen LogP contribution in [0.4, 0.5) is 5.69 Å². The van der Waals surface area contributed by atoms with Crippen molar-refractivity contribution >= 4 is 11.7 Å². The maximum absolute atomic E-state index is 11.4. The van der Waals surface area contributed by atoms with E-state index >= 15 is 0 Å². The van der Waals surface area contributed by atoms with E-state index in [0.29, 0.717) is 6.54 Å². The lowest BCUT2D eigenvalue weighted by molar-refractivity contribution is -0.144. The van der Waals surface area contributed by atoms with Crippen LogP contribution in [0.1, 0.15) is 20.8 Å². The molecule has 18 heavy (non-hydrogen) atoms. The van der Waals surface area contributed by atoms with Crippen molar-refractivity contribution in [2.75, 3.05) is 18.5 Å². The molecule has 0 saturated carbocycles. The largest absolute Gasteiger partial charge is 0.480 e. The lowest BCUT2D eigenvalue weighted by Crippen LogP contribution is -2.58. The van der Waals surface area contributed by atoms with Crippen LogP contribution in [0, 0.1) is 0 Å². The standard InChI is InChI=1S/C14H22N2O2/c1-11(2)15-14(3,13(17)18)10-16(4)12-8-6-5-7-9-12/h5-9,11,15H,10H2,1-4H3,(H,17,18). The van der Waals surface area contributed by atoms with Crippen LogP contribution in [0.2, 0.25) is 0 Å². The van der Waals surface area contributed by atoms with Gasteiger partial charge in [-0.25, -0.2) is 0 Å². The molecule has 1 aromatic carbocycles. The van der Waals surface area contributed by atoms with Crippen LogP contribution in [0.3, 0.4) is 0 Å². The quantitative estimate of drug-likeness (QED) is 0.810. The average molecular weight is 250 g/mol. The van der Waals surface area contributed by atoms with Gasteiger partial charge in [-0.05, 0) is 32.9 Å². The van der Waals surface area contributed by atoms with Crippen molar-refractivity contribution in [3.05, 3.63) is 30.3 Å². The predicted octanol–water partition coefficient (Wildman–Crippen LogP) is 1.96. The number of aliphatic carboxylic acids is 1. The van der Waals surface area contributed by atoms with Crippen LogP contribution in [0.25, 0.3) is 0 Å². The summed E-state index contributed by atoms with van der Waals surface area (Å²) in [5.74, 6) is -0.834. The molecule has 1 atom stereocenters. The normalized spacial score (nSPS) is 14.3. The molecule has 4 nitrogen and oxygen atoms in total. The second-order valence-corrected chi connectivity index (χ2v) is 5.13. The summed E-state index contributed by atoms with van der Waals surface area (Å²) in [4.78, 5) is 13.4. The van der Waals surface area contributed by atoms with Gasteiger partial charge in [0.05, 0.1) is 0 Å². The van der Waals surface area contributed by atoms with Crippen LogP contribution in [0.5, 0.6) is 0 Å². The molecular formula is C14H22N2O2. The molecule has 0 bridgehead atoms. The number of nitrogens with zero attached hydrogens (tertiary/aromatic N) is 1. The molecule has 4 heteroatoms. The number of anilines is 1. The molecule has 0 heterocycles. The Labute approximate surface area is 109 Å². The van der Waals surface area contributed by atoms with Crippen LogP contribution in [0.15, 0.2) is 30.3 Å². The number of likely N-dealkylation sites (N-methyl/N-ethyl adjacent to an activating group) is 1. The fraction of sp³-hybridized carbons (Fsp3) is 0.500. The van der Waals surface area contributed by atoms with Gasteiger partial charge < -0.3 is 10.0 Å². The molecule has 0 aromatic heterocycles. The third kappa shape index (κ3) is 3.74. The van der Waals surface area contributed by atoms with Gasteiger partial charge in [0.25, 0.3) is 0 Å². The van der Waals surface area contributed by atoms with E-state index in [1.807, 2.05) is 56.1 Å². The molecule has 2 N–H and O–H groups in total. The molecule has 0 fully saturated rings. The summed E-state index contributed by atoms with van der Waals surface area (Å²) in [7, 11) is 1.90. The highest BCUT2D eigenvalue weighted by Crippen LogP contribution is 2.16. The summed E-state index contributed by atoms with van der Waals surface area (Å²) in [5, 5.41) is 12.5. The van der Waals surface area contributed by atoms with Crippen molar-refractivity contribution in [2.24, 2.45) is 0 Å². The summed E-state index contributed by atoms with van der Waals surface area (Å²) in [6.45, 7) is 6.02. The number of carbonyl (C=O) groups is 1. The summed E-state index contributed by atoms with van der Waals surface area (Å²) in [6.07, 6.45) is 0. The lowest BCUT2D eigenvalue weighted by atomic mass is 10.0. The third-order valence-electron chi connectivity index (χ3n) is 2.83. The van der Waals surface area contributed by atoms with E-state index in [0.717, 1.165) is 5.69 Å². The molecular weight excluding hydrogens is 228 g/mol. The number of rotatable bonds is 6. The highest BCUT2D eigenvalue weighted by Gasteiger charge is 2.34. The number of hydrogen-bond donors (Lipinski definition) is 2. The molecule has 1 unspecified atom stereocenters. The Morgan fingerprint density at radius 1 is 1.39 bits per heavy atom. The predicted molar refractivity (Wildman–Crippen MR) is 74.0 cm³/mol. The summed E-state index contributed by atoms with van der Waals surface area (Å²) >= 11 is 0. The molecule has 0 amide bonds. The second kappa shape index (κ2) is 5.87. The Balaban J connectivity index is 2.81. The van der Waals surface area contributed by atoms with Crippen molar-refractivity contribution in [2.45, 2.75) is 32.4 Å². The Hall–Kier alpha value is -1.55. The number of nitrogens with one attached hydrogen (secondary N) is 1. The third-order valence-corrected chi connectivity index (χ3v) is 2.83. The molecule has 0 radical (unpaired) electrons. The minimum atomic E-state index is -0.960. The van der Waals surface area contributed by atoms with E-state index < -0.39 is 11.5 Å². The fourth-order valence-corrected chi connectivity index (χ4v) is 2.06. The van der Waals surface area contributed by atoms with Crippen molar-refractivity contribution < 1.29 is 9.90 Å². The Morgan fingerprint density at radius 3 is 2.39 bits per heavy atom. The first-order chi connectivity index (χ1) is 8.35. The zero-order valence-electron chi connectivity index (χ0n) is 11.5. The summed E-state index contributed by atoms with van der Waals surface area (Å²) < 4.78 is 0. The van der Waals surface area contributed by atoms with Gasteiger partial charge in [-0.2, -0.15) is 0 Å². The molecule has 100 valence electrons. The molecule has 1 aromatic rings. The van der Waals surface area contributed by atoms with E-state index in [-0.39, 0.29) is 6.04 Å². The van der Waals surface area contributed by atoms with E-state index in [4.69, 9.17) is 0 Å². The first-order valence-corrected chi connectivity index (χ1v) is 6.12. The zero-order chi connectivity index (χ0) is 13.8. The number of carboxylic acid groups (broad SMARTS) is 1. The minimum absolute atomic E-state index is 0.121. The lowest BCUT2D eigenvalue weighted by Gasteiger charge is -2.33. The highest BCUT2D eigenvalue weighted by atomic mass is 16.4. The van der Waals surface area contributed by atoms with Gasteiger partial charge in [0, 0.05) is 25.3 Å². The van der Waals surface area contributed by atoms with Crippen LogP contribution >= 0.6 is 0 Å². The molecule has 0 aliphatic carbocycles. The molecule has 0 aliphatic heterocycles. The zero-order valence-corrected chi connectivity index (χ0v) is 11.5. The molecule has 0 saturated heterocycles. The van der Waals surface area contributed by atoms with Crippen LogP contribution in [-0.4, -0.2) is 36.2 Å². The maximum atomic E-state index is 11.4. The van der Waals surface area contributed by atoms with E-state index in [2.05, 4.69) is 5.32 Å². The first-order valence-electron chi connectivity index (χ1n) is 6.12. The topological polar surface area (TPSA) is 52.6 Å². The van der Waals surface area contributed by atoms with Gasteiger partial charge in [-0.3, -0.25) is 10.1 Å². The SMILES string of the molecule is CC(C)NC(C)(CN(C)c1ccccc1)C(=O)O. The number of para-hydroxylation sites is 1. The van der Waals surface area contributed by atoms with E-state index in [1.54, 1.807) is 6.92 Å². The van der Waals surface area contributed by atoms with Gasteiger partial charge in [0.1, 0.15) is 5.54 Å². The molecule has 1 rings (SSSR count). The molecule has 0 spiro atoms. The highest BCUT2D eigenvalue weighted by molar-refractivity contribution is 5.79. The monoisotopic (exact) mass is 250 g/mol. The van der Waals surface area contributed by atoms with E-state index in [1.165, 1.54) is 0 Å². The van der Waals surface area contributed by atoms with Gasteiger partial charge >= 0.3 is 5.97 Å². The van der Waals surface area contributed by atoms with Crippen molar-refractivity contribution in [1.29, 1.82) is 0 Å². The Morgan fingerprint density at radius 2 is 1.94 bits per heavy atom. The van der Waals surface area contributed by atoms with Crippen molar-refractivity contribution in [1.82, 2.24) is 5.32 Å². The smallest absolute Gasteiger partial charge is 0.325 e. The Kier molecular flexibility index (Phi) is 4.73. The number of carboxylic acids is 1. The Bertz CT molecular complexity index is 392. The first kappa shape index (κ1) is 14.5. The summed E-state index contributed by atoms with van der Waals surface area (Å²) in [5.41, 5.74) is 0.0502. The second-order valence-electron chi connectivity index (χ2n) is 5.13. The number of hydrogen-bond acceptors (Lipinski definition) is 3. The average Bonchev–Trinajstić information content (AvgIpc) is 2.28. The van der Waals surface area contributed by atoms with Crippen LogP contribution < -0.4 is 10.2 Å². The number of benzene rings is 1. The van der Waals surface area contributed by atoms with Crippen molar-refractivity contribution in [3.63, 3.8) is 0 Å². The minimum Gasteiger partial charge on any atom is -0.480 e. The van der Waals surface area contributed by atoms with Crippen molar-refractivity contribution in [3.8, 4) is 0 Å². The maximum Gasteiger partial charge on any atom is 0.325 e. The van der Waals surface area contributed by atoms with E-state index in [9.17, 15) is 9.90 Å². The van der Waals surface area contributed by atoms with Crippen LogP contribution in [-0.2, 0) is 4.79 Å². The molecule has 0 aliphatic rings. The van der Waals surface area contributed by atoms with Gasteiger partial charge in [-0.1, -0.05) is 18.2 Å². The van der Waals surface area contributed by atoms with Gasteiger partial charge in [0.2, 0.25) is 0 Å².